The van der Waals surface area contributed by atoms with Crippen LogP contribution in [-0.2, 0) is 6.42 Å². The second kappa shape index (κ2) is 11.0. The molecule has 0 saturated heterocycles. The van der Waals surface area contributed by atoms with Gasteiger partial charge in [-0.2, -0.15) is 0 Å². The summed E-state index contributed by atoms with van der Waals surface area (Å²) in [4.78, 5) is 11.5. The number of carbonyl (C=O) groups is 1. The van der Waals surface area contributed by atoms with Gasteiger partial charge in [0.1, 0.15) is 17.1 Å². The van der Waals surface area contributed by atoms with E-state index in [9.17, 15) is 20.1 Å². The van der Waals surface area contributed by atoms with Gasteiger partial charge in [-0.05, 0) is 80.3 Å². The summed E-state index contributed by atoms with van der Waals surface area (Å²) in [6, 6.07) is 19.7. The number of aromatic carboxylic acids is 1. The smallest absolute Gasteiger partial charge is 0.339 e. The molecular formula is C27H31NO5. The number of hydrogen-bond donors (Lipinski definition) is 4. The predicted molar refractivity (Wildman–Crippen MR) is 129 cm³/mol. The van der Waals surface area contributed by atoms with Gasteiger partial charge in [-0.25, -0.2) is 4.79 Å². The molecule has 0 spiro atoms. The lowest BCUT2D eigenvalue weighted by Crippen LogP contribution is -2.33. The van der Waals surface area contributed by atoms with Gasteiger partial charge in [-0.3, -0.25) is 0 Å². The average Bonchev–Trinajstić information content (AvgIpc) is 2.79. The number of aliphatic hydroxyl groups excluding tert-OH is 1. The Labute approximate surface area is 194 Å². The van der Waals surface area contributed by atoms with Crippen LogP contribution in [0.15, 0.2) is 66.7 Å². The molecule has 0 aliphatic rings. The van der Waals surface area contributed by atoms with E-state index in [1.807, 2.05) is 45.0 Å². The van der Waals surface area contributed by atoms with Crippen LogP contribution >= 0.6 is 0 Å². The third-order valence-corrected chi connectivity index (χ3v) is 5.45. The van der Waals surface area contributed by atoms with E-state index in [1.165, 1.54) is 0 Å². The van der Waals surface area contributed by atoms with Crippen LogP contribution in [0.25, 0.3) is 11.1 Å². The number of carboxylic acid groups (broad SMARTS) is 1. The number of aliphatic hydroxyl groups is 1. The number of aromatic hydroxyl groups is 1. The lowest BCUT2D eigenvalue weighted by atomic mass is 10.0. The minimum absolute atomic E-state index is 0.122. The van der Waals surface area contributed by atoms with Crippen LogP contribution in [0.1, 0.15) is 48.4 Å². The fourth-order valence-electron chi connectivity index (χ4n) is 3.61. The molecule has 3 aromatic carbocycles. The van der Waals surface area contributed by atoms with Gasteiger partial charge in [0, 0.05) is 6.04 Å². The quantitative estimate of drug-likeness (QED) is 0.355. The van der Waals surface area contributed by atoms with Gasteiger partial charge in [0.2, 0.25) is 0 Å². The minimum Gasteiger partial charge on any atom is -0.508 e. The van der Waals surface area contributed by atoms with E-state index in [0.29, 0.717) is 12.3 Å². The molecule has 4 N–H and O–H groups in total. The van der Waals surface area contributed by atoms with E-state index in [1.54, 1.807) is 42.5 Å². The third kappa shape index (κ3) is 6.57. The van der Waals surface area contributed by atoms with Gasteiger partial charge in [-0.1, -0.05) is 42.5 Å². The van der Waals surface area contributed by atoms with Crippen LogP contribution in [0.3, 0.4) is 0 Å². The molecule has 0 aromatic heterocycles. The summed E-state index contributed by atoms with van der Waals surface area (Å²) in [5, 5.41) is 32.6. The summed E-state index contributed by atoms with van der Waals surface area (Å²) >= 11 is 0. The van der Waals surface area contributed by atoms with Gasteiger partial charge in [0.05, 0.1) is 12.2 Å². The molecule has 0 fully saturated rings. The van der Waals surface area contributed by atoms with Gasteiger partial charge < -0.3 is 25.4 Å². The van der Waals surface area contributed by atoms with Gasteiger partial charge in [-0.15, -0.1) is 0 Å². The molecule has 0 unspecified atom stereocenters. The maximum Gasteiger partial charge on any atom is 0.339 e. The summed E-state index contributed by atoms with van der Waals surface area (Å²) in [6.45, 7) is 6.37. The number of phenolic OH excluding ortho intramolecular Hbond substituents is 1. The first-order chi connectivity index (χ1) is 15.7. The van der Waals surface area contributed by atoms with Crippen molar-refractivity contribution in [3.05, 3.63) is 83.4 Å². The molecule has 0 radical (unpaired) electrons. The Morgan fingerprint density at radius 1 is 0.939 bits per heavy atom. The first kappa shape index (κ1) is 24.3. The Kier molecular flexibility index (Phi) is 8.09. The molecule has 0 bridgehead atoms. The molecule has 6 heteroatoms. The minimum atomic E-state index is -1.01. The zero-order valence-corrected chi connectivity index (χ0v) is 19.2. The monoisotopic (exact) mass is 449 g/mol. The molecule has 0 aliphatic carbocycles. The summed E-state index contributed by atoms with van der Waals surface area (Å²) in [6.07, 6.45) is 0.0132. The molecule has 2 atom stereocenters. The van der Waals surface area contributed by atoms with Gasteiger partial charge in [0.15, 0.2) is 0 Å². The highest BCUT2D eigenvalue weighted by Gasteiger charge is 2.16. The van der Waals surface area contributed by atoms with Crippen LogP contribution in [0.2, 0.25) is 0 Å². The summed E-state index contributed by atoms with van der Waals surface area (Å²) in [5.41, 5.74) is 3.93. The van der Waals surface area contributed by atoms with Crippen LogP contribution in [0.4, 0.5) is 0 Å². The second-order valence-corrected chi connectivity index (χ2v) is 8.41. The van der Waals surface area contributed by atoms with Crippen molar-refractivity contribution in [3.8, 4) is 22.6 Å². The SMILES string of the molecule is CC(C)Oc1cc(-c2ccc(CCN[C@@H](C)[C@H](O)c3ccc(O)cc3)cc2)ccc1C(=O)O. The number of carboxylic acids is 1. The largest absolute Gasteiger partial charge is 0.508 e. The van der Waals surface area contributed by atoms with E-state index in [4.69, 9.17) is 4.74 Å². The normalized spacial score (nSPS) is 13.0. The first-order valence-electron chi connectivity index (χ1n) is 11.1. The van der Waals surface area contributed by atoms with Crippen LogP contribution in [0, 0.1) is 0 Å². The highest BCUT2D eigenvalue weighted by molar-refractivity contribution is 5.92. The number of ether oxygens (including phenoxy) is 1. The Balaban J connectivity index is 1.60. The molecule has 0 saturated carbocycles. The Hall–Kier alpha value is -3.35. The number of phenols is 1. The number of hydrogen-bond acceptors (Lipinski definition) is 5. The zero-order chi connectivity index (χ0) is 24.0. The van der Waals surface area contributed by atoms with Crippen molar-refractivity contribution in [1.82, 2.24) is 5.32 Å². The van der Waals surface area contributed by atoms with Crippen molar-refractivity contribution in [2.24, 2.45) is 0 Å². The number of rotatable bonds is 10. The molecule has 0 amide bonds. The molecule has 0 heterocycles. The van der Waals surface area contributed by atoms with Crippen LogP contribution < -0.4 is 10.1 Å². The van der Waals surface area contributed by atoms with Crippen molar-refractivity contribution in [3.63, 3.8) is 0 Å². The maximum atomic E-state index is 11.5. The van der Waals surface area contributed by atoms with Crippen molar-refractivity contribution in [1.29, 1.82) is 0 Å². The van der Waals surface area contributed by atoms with Crippen molar-refractivity contribution >= 4 is 5.97 Å². The Morgan fingerprint density at radius 2 is 1.58 bits per heavy atom. The van der Waals surface area contributed by atoms with Gasteiger partial charge >= 0.3 is 5.97 Å². The predicted octanol–water partition coefficient (Wildman–Crippen LogP) is 4.80. The summed E-state index contributed by atoms with van der Waals surface area (Å²) in [5.74, 6) is -0.467. The molecule has 6 nitrogen and oxygen atoms in total. The highest BCUT2D eigenvalue weighted by Crippen LogP contribution is 2.29. The van der Waals surface area contributed by atoms with Crippen molar-refractivity contribution in [2.75, 3.05) is 6.54 Å². The molecule has 3 rings (SSSR count). The Bertz CT molecular complexity index is 1060. The fourth-order valence-corrected chi connectivity index (χ4v) is 3.61. The summed E-state index contributed by atoms with van der Waals surface area (Å²) < 4.78 is 5.70. The second-order valence-electron chi connectivity index (χ2n) is 8.41. The molecule has 33 heavy (non-hydrogen) atoms. The van der Waals surface area contributed by atoms with Crippen molar-refractivity contribution < 1.29 is 24.9 Å². The highest BCUT2D eigenvalue weighted by atomic mass is 16.5. The number of nitrogens with one attached hydrogen (secondary N) is 1. The van der Waals surface area contributed by atoms with E-state index in [0.717, 1.165) is 28.7 Å². The molecule has 3 aromatic rings. The topological polar surface area (TPSA) is 99.0 Å². The molecule has 174 valence electrons. The Morgan fingerprint density at radius 3 is 2.18 bits per heavy atom. The van der Waals surface area contributed by atoms with Gasteiger partial charge in [0.25, 0.3) is 0 Å². The molecule has 0 aliphatic heterocycles. The standard InChI is InChI=1S/C27H31NO5/c1-17(2)33-25-16-22(10-13-24(25)27(31)32)20-6-4-19(5-7-20)14-15-28-18(3)26(30)21-8-11-23(29)12-9-21/h4-13,16-18,26,28-30H,14-15H2,1-3H3,(H,31,32)/t18-,26-/m0/s1. The van der Waals surface area contributed by atoms with Crippen LogP contribution in [-0.4, -0.2) is 40.0 Å². The van der Waals surface area contributed by atoms with E-state index in [-0.39, 0.29) is 23.5 Å². The van der Waals surface area contributed by atoms with E-state index >= 15 is 0 Å². The lowest BCUT2D eigenvalue weighted by molar-refractivity contribution is 0.0690. The van der Waals surface area contributed by atoms with Crippen molar-refractivity contribution in [2.45, 2.75) is 45.4 Å². The summed E-state index contributed by atoms with van der Waals surface area (Å²) in [7, 11) is 0. The van der Waals surface area contributed by atoms with Crippen LogP contribution in [0.5, 0.6) is 11.5 Å². The first-order valence-corrected chi connectivity index (χ1v) is 11.1. The zero-order valence-electron chi connectivity index (χ0n) is 19.2. The fraction of sp³-hybridized carbons (Fsp3) is 0.296. The van der Waals surface area contributed by atoms with E-state index < -0.39 is 12.1 Å². The lowest BCUT2D eigenvalue weighted by Gasteiger charge is -2.21. The molecular weight excluding hydrogens is 418 g/mol. The average molecular weight is 450 g/mol. The van der Waals surface area contributed by atoms with E-state index in [2.05, 4.69) is 5.32 Å². The third-order valence-electron chi connectivity index (χ3n) is 5.45. The number of benzene rings is 3. The maximum absolute atomic E-state index is 11.5.